The van der Waals surface area contributed by atoms with Crippen molar-refractivity contribution < 1.29 is 14.6 Å². The summed E-state index contributed by atoms with van der Waals surface area (Å²) in [5, 5.41) is 10.0. The minimum Gasteiger partial charge on any atom is -0.467 e. The Morgan fingerprint density at radius 1 is 1.31 bits per heavy atom. The number of aliphatic hydroxyl groups excluding tert-OH is 1. The Morgan fingerprint density at radius 3 is 2.62 bits per heavy atom. The lowest BCUT2D eigenvalue weighted by molar-refractivity contribution is -0.153. The molecule has 2 aromatic heterocycles. The topological polar surface area (TPSA) is 88.4 Å². The fraction of sp³-hybridized carbons (Fsp3) is 0.474. The largest absolute Gasteiger partial charge is 0.467 e. The first-order valence-electron chi connectivity index (χ1n) is 8.91. The number of nitrogens with zero attached hydrogens (tertiary/aromatic N) is 4. The first-order valence-corrected chi connectivity index (χ1v) is 8.91. The molecule has 1 fully saturated rings. The van der Waals surface area contributed by atoms with Crippen LogP contribution in [0.2, 0.25) is 0 Å². The van der Waals surface area contributed by atoms with Gasteiger partial charge in [-0.1, -0.05) is 6.92 Å². The predicted molar refractivity (Wildman–Crippen MR) is 97.6 cm³/mol. The number of carbonyl (C=O) groups excluding carboxylic acids is 1. The molecule has 1 atom stereocenters. The second kappa shape index (κ2) is 8.23. The van der Waals surface area contributed by atoms with Crippen LogP contribution < -0.4 is 4.90 Å². The van der Waals surface area contributed by atoms with Crippen molar-refractivity contribution in [1.82, 2.24) is 15.0 Å². The number of aryl methyl sites for hydroxylation is 1. The smallest absolute Gasteiger partial charge is 0.334 e. The number of pyridine rings is 1. The normalized spacial score (nSPS) is 16.3. The zero-order valence-electron chi connectivity index (χ0n) is 15.1. The van der Waals surface area contributed by atoms with Crippen LogP contribution in [0.4, 0.5) is 5.82 Å². The molecule has 0 bridgehead atoms. The molecule has 3 heterocycles. The number of rotatable bonds is 5. The summed E-state index contributed by atoms with van der Waals surface area (Å²) in [4.78, 5) is 27.1. The van der Waals surface area contributed by atoms with Crippen LogP contribution in [0, 0.1) is 5.92 Å². The quantitative estimate of drug-likeness (QED) is 0.818. The van der Waals surface area contributed by atoms with E-state index in [2.05, 4.69) is 26.5 Å². The molecule has 3 rings (SSSR count). The number of hydrogen-bond acceptors (Lipinski definition) is 7. The van der Waals surface area contributed by atoms with Crippen molar-refractivity contribution in [3.8, 4) is 11.4 Å². The molecule has 0 aromatic carbocycles. The second-order valence-corrected chi connectivity index (χ2v) is 6.42. The average molecular weight is 356 g/mol. The molecule has 7 nitrogen and oxygen atoms in total. The SMILES string of the molecule is CCc1cc(N2CCC(C(O)C(=O)OC)CC2)nc(-c2ccncc2)n1. The Labute approximate surface area is 153 Å². The van der Waals surface area contributed by atoms with Crippen LogP contribution in [-0.4, -0.2) is 52.3 Å². The molecule has 1 saturated heterocycles. The molecule has 1 N–H and O–H groups in total. The van der Waals surface area contributed by atoms with Gasteiger partial charge < -0.3 is 14.7 Å². The molecule has 2 aromatic rings. The van der Waals surface area contributed by atoms with Crippen LogP contribution in [0.1, 0.15) is 25.5 Å². The zero-order valence-corrected chi connectivity index (χ0v) is 15.1. The Hall–Kier alpha value is -2.54. The van der Waals surface area contributed by atoms with E-state index in [9.17, 15) is 9.90 Å². The molecule has 1 aliphatic rings. The van der Waals surface area contributed by atoms with Gasteiger partial charge in [0.25, 0.3) is 0 Å². The van der Waals surface area contributed by atoms with Gasteiger partial charge in [-0.25, -0.2) is 14.8 Å². The Balaban J connectivity index is 1.77. The van der Waals surface area contributed by atoms with E-state index < -0.39 is 12.1 Å². The van der Waals surface area contributed by atoms with Gasteiger partial charge in [-0.05, 0) is 37.3 Å². The highest BCUT2D eigenvalue weighted by molar-refractivity contribution is 5.74. The molecule has 1 aliphatic heterocycles. The summed E-state index contributed by atoms with van der Waals surface area (Å²) in [7, 11) is 1.30. The van der Waals surface area contributed by atoms with Crippen LogP contribution in [-0.2, 0) is 16.0 Å². The molecule has 0 aliphatic carbocycles. The Morgan fingerprint density at radius 2 is 2.00 bits per heavy atom. The minimum absolute atomic E-state index is 0.0779. The van der Waals surface area contributed by atoms with Gasteiger partial charge in [-0.15, -0.1) is 0 Å². The van der Waals surface area contributed by atoms with E-state index >= 15 is 0 Å². The van der Waals surface area contributed by atoms with E-state index in [4.69, 9.17) is 4.98 Å². The molecule has 1 unspecified atom stereocenters. The van der Waals surface area contributed by atoms with Crippen LogP contribution >= 0.6 is 0 Å². The van der Waals surface area contributed by atoms with Gasteiger partial charge in [0.2, 0.25) is 0 Å². The summed E-state index contributed by atoms with van der Waals surface area (Å²) < 4.78 is 4.64. The predicted octanol–water partition coefficient (Wildman–Crippen LogP) is 1.85. The number of esters is 1. The summed E-state index contributed by atoms with van der Waals surface area (Å²) >= 11 is 0. The number of aromatic nitrogens is 3. The van der Waals surface area contributed by atoms with E-state index in [1.54, 1.807) is 12.4 Å². The first kappa shape index (κ1) is 18.3. The van der Waals surface area contributed by atoms with Crippen LogP contribution in [0.3, 0.4) is 0 Å². The summed E-state index contributed by atoms with van der Waals surface area (Å²) in [6.45, 7) is 3.53. The lowest BCUT2D eigenvalue weighted by atomic mass is 9.91. The zero-order chi connectivity index (χ0) is 18.5. The summed E-state index contributed by atoms with van der Waals surface area (Å²) in [5.41, 5.74) is 1.92. The number of hydrogen-bond donors (Lipinski definition) is 1. The fourth-order valence-corrected chi connectivity index (χ4v) is 3.21. The summed E-state index contributed by atoms with van der Waals surface area (Å²) in [6, 6.07) is 5.82. The van der Waals surface area contributed by atoms with Crippen molar-refractivity contribution in [2.75, 3.05) is 25.1 Å². The molecule has 0 amide bonds. The summed E-state index contributed by atoms with van der Waals surface area (Å²) in [5.74, 6) is 0.942. The average Bonchev–Trinajstić information content (AvgIpc) is 2.73. The highest BCUT2D eigenvalue weighted by Crippen LogP contribution is 2.27. The van der Waals surface area contributed by atoms with Crippen molar-refractivity contribution in [2.24, 2.45) is 5.92 Å². The molecule has 0 spiro atoms. The highest BCUT2D eigenvalue weighted by Gasteiger charge is 2.31. The number of aliphatic hydroxyl groups is 1. The van der Waals surface area contributed by atoms with Gasteiger partial charge in [0.15, 0.2) is 11.9 Å². The number of methoxy groups -OCH3 is 1. The summed E-state index contributed by atoms with van der Waals surface area (Å²) in [6.07, 6.45) is 4.67. The molecule has 0 saturated carbocycles. The maximum absolute atomic E-state index is 11.5. The van der Waals surface area contributed by atoms with Crippen LogP contribution in [0.25, 0.3) is 11.4 Å². The monoisotopic (exact) mass is 356 g/mol. The molecule has 7 heteroatoms. The highest BCUT2D eigenvalue weighted by atomic mass is 16.5. The number of piperidine rings is 1. The molecular formula is C19H24N4O3. The van der Waals surface area contributed by atoms with Gasteiger partial charge in [0, 0.05) is 42.8 Å². The minimum atomic E-state index is -1.05. The van der Waals surface area contributed by atoms with E-state index in [0.29, 0.717) is 18.7 Å². The van der Waals surface area contributed by atoms with Gasteiger partial charge >= 0.3 is 5.97 Å². The van der Waals surface area contributed by atoms with Gasteiger partial charge in [0.1, 0.15) is 5.82 Å². The van der Waals surface area contributed by atoms with Crippen LogP contribution in [0.5, 0.6) is 0 Å². The van der Waals surface area contributed by atoms with Gasteiger partial charge in [-0.3, -0.25) is 4.98 Å². The Kier molecular flexibility index (Phi) is 5.78. The molecule has 26 heavy (non-hydrogen) atoms. The van der Waals surface area contributed by atoms with Gasteiger partial charge in [0.05, 0.1) is 7.11 Å². The van der Waals surface area contributed by atoms with Crippen molar-refractivity contribution >= 4 is 11.8 Å². The lowest BCUT2D eigenvalue weighted by Gasteiger charge is -2.34. The van der Waals surface area contributed by atoms with E-state index in [1.807, 2.05) is 18.2 Å². The third-order valence-electron chi connectivity index (χ3n) is 4.82. The lowest BCUT2D eigenvalue weighted by Crippen LogP contribution is -2.41. The molecule has 138 valence electrons. The van der Waals surface area contributed by atoms with Crippen molar-refractivity contribution in [1.29, 1.82) is 0 Å². The standard InChI is InChI=1S/C19H24N4O3/c1-3-15-12-16(22-18(21-15)14-4-8-20-9-5-14)23-10-6-13(7-11-23)17(24)19(25)26-2/h4-5,8-9,12-13,17,24H,3,6-7,10-11H2,1-2H3. The Bertz CT molecular complexity index is 746. The molecular weight excluding hydrogens is 332 g/mol. The third-order valence-corrected chi connectivity index (χ3v) is 4.82. The van der Waals surface area contributed by atoms with Gasteiger partial charge in [-0.2, -0.15) is 0 Å². The first-order chi connectivity index (χ1) is 12.6. The maximum atomic E-state index is 11.5. The van der Waals surface area contributed by atoms with E-state index in [0.717, 1.165) is 36.6 Å². The van der Waals surface area contributed by atoms with Crippen molar-refractivity contribution in [2.45, 2.75) is 32.3 Å². The fourth-order valence-electron chi connectivity index (χ4n) is 3.21. The molecule has 0 radical (unpaired) electrons. The van der Waals surface area contributed by atoms with E-state index in [-0.39, 0.29) is 5.92 Å². The van der Waals surface area contributed by atoms with Crippen molar-refractivity contribution in [3.05, 3.63) is 36.3 Å². The number of anilines is 1. The van der Waals surface area contributed by atoms with Crippen molar-refractivity contribution in [3.63, 3.8) is 0 Å². The third kappa shape index (κ3) is 3.99. The van der Waals surface area contributed by atoms with E-state index in [1.165, 1.54) is 7.11 Å². The van der Waals surface area contributed by atoms with Crippen LogP contribution in [0.15, 0.2) is 30.6 Å². The number of carbonyl (C=O) groups is 1. The second-order valence-electron chi connectivity index (χ2n) is 6.42. The number of ether oxygens (including phenoxy) is 1. The maximum Gasteiger partial charge on any atom is 0.334 e.